The fraction of sp³-hybridized carbons (Fsp3) is 0.222. The molecule has 1 amide bonds. The minimum absolute atomic E-state index is 0.480. The Bertz CT molecular complexity index is 331. The van der Waals surface area contributed by atoms with Gasteiger partial charge in [-0.25, -0.2) is 5.53 Å². The molecule has 1 N–H and O–H groups in total. The molecule has 0 heterocycles. The molecular weight excluding hydrogens is 152 g/mol. The van der Waals surface area contributed by atoms with Crippen LogP contribution in [-0.2, 0) is 0 Å². The minimum Gasteiger partial charge on any atom is -0.265 e. The van der Waals surface area contributed by atoms with Crippen molar-refractivity contribution in [3.8, 4) is 0 Å². The Balaban J connectivity index is 3.13. The average molecular weight is 162 g/mol. The van der Waals surface area contributed by atoms with E-state index >= 15 is 0 Å². The van der Waals surface area contributed by atoms with E-state index in [9.17, 15) is 4.79 Å². The number of hydrogen-bond acceptors (Lipinski definition) is 2. The Kier molecular flexibility index (Phi) is 2.33. The van der Waals surface area contributed by atoms with Gasteiger partial charge in [-0.2, -0.15) is 0 Å². The van der Waals surface area contributed by atoms with Crippen LogP contribution in [0.5, 0.6) is 0 Å². The summed E-state index contributed by atoms with van der Waals surface area (Å²) in [6, 6.07) is 5.28. The highest BCUT2D eigenvalue weighted by atomic mass is 16.1. The number of carbonyl (C=O) groups is 1. The van der Waals surface area contributed by atoms with Crippen molar-refractivity contribution in [2.45, 2.75) is 13.8 Å². The maximum absolute atomic E-state index is 10.9. The summed E-state index contributed by atoms with van der Waals surface area (Å²) in [5.74, 6) is -0.488. The maximum atomic E-state index is 10.9. The van der Waals surface area contributed by atoms with Crippen LogP contribution in [0.1, 0.15) is 21.5 Å². The van der Waals surface area contributed by atoms with E-state index in [-0.39, 0.29) is 0 Å². The van der Waals surface area contributed by atoms with Crippen LogP contribution in [0.3, 0.4) is 0 Å². The van der Waals surface area contributed by atoms with Crippen molar-refractivity contribution in [1.82, 2.24) is 0 Å². The summed E-state index contributed by atoms with van der Waals surface area (Å²) in [5, 5.41) is 2.84. The Labute approximate surface area is 70.9 Å². The van der Waals surface area contributed by atoms with Gasteiger partial charge in [0.1, 0.15) is 0 Å². The van der Waals surface area contributed by atoms with Crippen LogP contribution in [0.4, 0.5) is 0 Å². The third-order valence-electron chi connectivity index (χ3n) is 1.86. The van der Waals surface area contributed by atoms with Crippen LogP contribution < -0.4 is 0 Å². The lowest BCUT2D eigenvalue weighted by atomic mass is 10.1. The number of carbonyl (C=O) groups excluding carboxylic acids is 1. The molecule has 0 saturated carbocycles. The second kappa shape index (κ2) is 3.26. The Morgan fingerprint density at radius 2 is 2.00 bits per heavy atom. The summed E-state index contributed by atoms with van der Waals surface area (Å²) in [6.07, 6.45) is 0. The molecule has 0 aliphatic heterocycles. The molecular formula is C9H10N2O. The molecule has 3 nitrogen and oxygen atoms in total. The van der Waals surface area contributed by atoms with Crippen molar-refractivity contribution in [3.63, 3.8) is 0 Å². The molecule has 1 aromatic carbocycles. The zero-order valence-corrected chi connectivity index (χ0v) is 7.09. The van der Waals surface area contributed by atoms with Gasteiger partial charge in [-0.3, -0.25) is 4.79 Å². The monoisotopic (exact) mass is 162 g/mol. The average Bonchev–Trinajstić information content (AvgIpc) is 2.08. The lowest BCUT2D eigenvalue weighted by Gasteiger charge is -1.99. The quantitative estimate of drug-likeness (QED) is 0.633. The molecule has 0 aliphatic rings. The van der Waals surface area contributed by atoms with E-state index < -0.39 is 5.91 Å². The molecule has 0 unspecified atom stereocenters. The van der Waals surface area contributed by atoms with E-state index in [1.807, 2.05) is 19.9 Å². The van der Waals surface area contributed by atoms with Gasteiger partial charge in [0.25, 0.3) is 5.91 Å². The lowest BCUT2D eigenvalue weighted by molar-refractivity contribution is 0.0991. The molecule has 0 aromatic heterocycles. The number of nitrogens with one attached hydrogen (secondary N) is 1. The Morgan fingerprint density at radius 3 is 2.50 bits per heavy atom. The molecule has 1 rings (SSSR count). The molecule has 0 bridgehead atoms. The van der Waals surface area contributed by atoms with Crippen LogP contribution in [0.2, 0.25) is 0 Å². The molecule has 0 atom stereocenters. The normalized spacial score (nSPS) is 9.50. The summed E-state index contributed by atoms with van der Waals surface area (Å²) >= 11 is 0. The highest BCUT2D eigenvalue weighted by Crippen LogP contribution is 2.10. The zero-order valence-electron chi connectivity index (χ0n) is 7.09. The van der Waals surface area contributed by atoms with Gasteiger partial charge in [0.05, 0.1) is 0 Å². The van der Waals surface area contributed by atoms with E-state index in [0.29, 0.717) is 5.56 Å². The van der Waals surface area contributed by atoms with E-state index in [0.717, 1.165) is 11.1 Å². The number of hydrogen-bond donors (Lipinski definition) is 1. The van der Waals surface area contributed by atoms with Crippen LogP contribution in [0, 0.1) is 19.4 Å². The van der Waals surface area contributed by atoms with Gasteiger partial charge in [0.2, 0.25) is 0 Å². The van der Waals surface area contributed by atoms with Gasteiger partial charge in [0, 0.05) is 5.56 Å². The summed E-state index contributed by atoms with van der Waals surface area (Å²) in [7, 11) is 0. The van der Waals surface area contributed by atoms with Crippen LogP contribution in [-0.4, -0.2) is 5.91 Å². The number of amides is 1. The van der Waals surface area contributed by atoms with E-state index in [1.165, 1.54) is 0 Å². The third-order valence-corrected chi connectivity index (χ3v) is 1.86. The van der Waals surface area contributed by atoms with Gasteiger partial charge in [-0.05, 0) is 37.1 Å². The van der Waals surface area contributed by atoms with E-state index in [1.54, 1.807) is 12.1 Å². The van der Waals surface area contributed by atoms with Crippen LogP contribution >= 0.6 is 0 Å². The number of rotatable bonds is 1. The Hall–Kier alpha value is -1.51. The molecule has 0 fully saturated rings. The molecule has 3 heteroatoms. The van der Waals surface area contributed by atoms with Crippen molar-refractivity contribution in [1.29, 1.82) is 5.53 Å². The molecule has 0 saturated heterocycles. The van der Waals surface area contributed by atoms with Crippen LogP contribution in [0.25, 0.3) is 0 Å². The minimum atomic E-state index is -0.488. The maximum Gasteiger partial charge on any atom is 0.294 e. The van der Waals surface area contributed by atoms with Gasteiger partial charge >= 0.3 is 0 Å². The second-order valence-corrected chi connectivity index (χ2v) is 2.72. The predicted octanol–water partition coefficient (Wildman–Crippen LogP) is 2.47. The molecule has 12 heavy (non-hydrogen) atoms. The summed E-state index contributed by atoms with van der Waals surface area (Å²) in [4.78, 5) is 10.9. The smallest absolute Gasteiger partial charge is 0.265 e. The highest BCUT2D eigenvalue weighted by molar-refractivity contribution is 5.94. The fourth-order valence-corrected chi connectivity index (χ4v) is 0.939. The first-order chi connectivity index (χ1) is 5.65. The topological polar surface area (TPSA) is 53.3 Å². The van der Waals surface area contributed by atoms with Crippen molar-refractivity contribution < 1.29 is 4.79 Å². The number of nitrogens with zero attached hydrogens (tertiary/aromatic N) is 1. The molecule has 0 radical (unpaired) electrons. The van der Waals surface area contributed by atoms with E-state index in [2.05, 4.69) is 5.11 Å². The first-order valence-electron chi connectivity index (χ1n) is 3.64. The van der Waals surface area contributed by atoms with Gasteiger partial charge < -0.3 is 0 Å². The first-order valence-corrected chi connectivity index (χ1v) is 3.64. The van der Waals surface area contributed by atoms with Gasteiger partial charge in [0.15, 0.2) is 0 Å². The summed E-state index contributed by atoms with van der Waals surface area (Å²) in [5.41, 5.74) is 9.21. The van der Waals surface area contributed by atoms with Crippen molar-refractivity contribution >= 4 is 5.91 Å². The number of benzene rings is 1. The van der Waals surface area contributed by atoms with Crippen molar-refractivity contribution in [3.05, 3.63) is 34.9 Å². The molecule has 62 valence electrons. The standard InChI is InChI=1S/C9H10N2O/c1-6-3-4-8(5-7(6)2)9(12)11-10/h3-5,10H,1-2H3. The summed E-state index contributed by atoms with van der Waals surface area (Å²) < 4.78 is 0. The second-order valence-electron chi connectivity index (χ2n) is 2.72. The van der Waals surface area contributed by atoms with Crippen LogP contribution in [0.15, 0.2) is 23.3 Å². The van der Waals surface area contributed by atoms with Crippen molar-refractivity contribution in [2.75, 3.05) is 0 Å². The zero-order chi connectivity index (χ0) is 9.14. The Morgan fingerprint density at radius 1 is 1.33 bits per heavy atom. The molecule has 0 spiro atoms. The highest BCUT2D eigenvalue weighted by Gasteiger charge is 2.03. The molecule has 0 aliphatic carbocycles. The SMILES string of the molecule is Cc1ccc(C(=O)N=N)cc1C. The van der Waals surface area contributed by atoms with Gasteiger partial charge in [-0.15, -0.1) is 5.11 Å². The van der Waals surface area contributed by atoms with E-state index in [4.69, 9.17) is 5.53 Å². The largest absolute Gasteiger partial charge is 0.294 e. The molecule has 1 aromatic rings. The lowest BCUT2D eigenvalue weighted by Crippen LogP contribution is -1.94. The van der Waals surface area contributed by atoms with Crippen molar-refractivity contribution in [2.24, 2.45) is 5.11 Å². The van der Waals surface area contributed by atoms with Gasteiger partial charge in [-0.1, -0.05) is 6.07 Å². The number of aryl methyl sites for hydroxylation is 2. The summed E-state index contributed by atoms with van der Waals surface area (Å²) in [6.45, 7) is 3.90. The first kappa shape index (κ1) is 8.59. The predicted molar refractivity (Wildman–Crippen MR) is 45.4 cm³/mol. The third kappa shape index (κ3) is 1.56. The fourth-order valence-electron chi connectivity index (χ4n) is 0.939.